The molecule has 0 spiro atoms. The van der Waals surface area contributed by atoms with Crippen molar-refractivity contribution in [2.45, 2.75) is 39.3 Å². The highest BCUT2D eigenvalue weighted by Crippen LogP contribution is 2.33. The first-order valence-electron chi connectivity index (χ1n) is 8.00. The molecule has 0 unspecified atom stereocenters. The molecular weight excluding hydrogens is 274 g/mol. The van der Waals surface area contributed by atoms with E-state index in [1.54, 1.807) is 0 Å². The largest absolute Gasteiger partial charge is 0.384 e. The highest BCUT2D eigenvalue weighted by molar-refractivity contribution is 5.32. The minimum absolute atomic E-state index is 0.706. The molecule has 4 nitrogen and oxygen atoms in total. The fourth-order valence-electron chi connectivity index (χ4n) is 3.51. The van der Waals surface area contributed by atoms with Crippen LogP contribution in [0.25, 0.3) is 0 Å². The molecule has 0 amide bonds. The number of hydrogen-bond donors (Lipinski definition) is 1. The van der Waals surface area contributed by atoms with Crippen molar-refractivity contribution in [1.29, 1.82) is 0 Å². The maximum Gasteiger partial charge on any atom is 0.104 e. The summed E-state index contributed by atoms with van der Waals surface area (Å²) in [6.45, 7) is 9.64. The van der Waals surface area contributed by atoms with Gasteiger partial charge in [0.05, 0.1) is 12.2 Å². The molecular formula is C18H25N3O. The third-order valence-electron chi connectivity index (χ3n) is 4.70. The molecule has 1 aliphatic rings. The molecule has 2 aromatic rings. The summed E-state index contributed by atoms with van der Waals surface area (Å²) in [6.07, 6.45) is 0.801. The molecule has 0 radical (unpaired) electrons. The number of aryl methyl sites for hydroxylation is 3. The Kier molecular flexibility index (Phi) is 4.06. The van der Waals surface area contributed by atoms with Crippen molar-refractivity contribution in [2.75, 3.05) is 19.6 Å². The van der Waals surface area contributed by atoms with Crippen molar-refractivity contribution in [1.82, 2.24) is 14.7 Å². The molecule has 0 aliphatic carbocycles. The Morgan fingerprint density at radius 1 is 1.18 bits per heavy atom. The van der Waals surface area contributed by atoms with E-state index in [1.165, 1.54) is 11.3 Å². The smallest absolute Gasteiger partial charge is 0.104 e. The molecule has 1 atom stereocenters. The summed E-state index contributed by atoms with van der Waals surface area (Å²) in [5.41, 5.74) is 3.80. The number of rotatable bonds is 4. The number of β-amino-alcohol motifs (C(OH)–C–C–N with tert-alkyl or cyclic N) is 1. The molecule has 1 aromatic heterocycles. The minimum atomic E-state index is -0.708. The summed E-state index contributed by atoms with van der Waals surface area (Å²) in [5, 5.41) is 15.5. The van der Waals surface area contributed by atoms with Gasteiger partial charge in [0.1, 0.15) is 5.60 Å². The monoisotopic (exact) mass is 299 g/mol. The van der Waals surface area contributed by atoms with E-state index in [9.17, 15) is 5.11 Å². The predicted octanol–water partition coefficient (Wildman–Crippen LogP) is 2.40. The van der Waals surface area contributed by atoms with Crippen LogP contribution in [0.4, 0.5) is 0 Å². The number of benzene rings is 1. The van der Waals surface area contributed by atoms with E-state index in [1.807, 2.05) is 19.1 Å². The zero-order chi connectivity index (χ0) is 15.7. The maximum atomic E-state index is 11.0. The van der Waals surface area contributed by atoms with Crippen molar-refractivity contribution in [3.05, 3.63) is 52.8 Å². The van der Waals surface area contributed by atoms with Gasteiger partial charge < -0.3 is 5.11 Å². The second-order valence-electron chi connectivity index (χ2n) is 6.52. The zero-order valence-electron chi connectivity index (χ0n) is 13.7. The van der Waals surface area contributed by atoms with Gasteiger partial charge in [-0.1, -0.05) is 24.3 Å². The third-order valence-corrected chi connectivity index (χ3v) is 4.70. The van der Waals surface area contributed by atoms with Gasteiger partial charge >= 0.3 is 0 Å². The summed E-state index contributed by atoms with van der Waals surface area (Å²) >= 11 is 0. The molecule has 0 bridgehead atoms. The normalized spacial score (nSPS) is 22.4. The molecule has 1 aliphatic heterocycles. The van der Waals surface area contributed by atoms with Crippen molar-refractivity contribution in [2.24, 2.45) is 0 Å². The van der Waals surface area contributed by atoms with Crippen molar-refractivity contribution in [3.63, 3.8) is 0 Å². The lowest BCUT2D eigenvalue weighted by Gasteiger charge is -2.25. The van der Waals surface area contributed by atoms with Gasteiger partial charge in [-0.2, -0.15) is 5.10 Å². The standard InChI is InChI=1S/C18H25N3O/c1-14-6-4-5-7-17(14)18(22)8-9-20(13-18)10-11-21-16(3)12-15(2)19-21/h4-7,12,22H,8-11,13H2,1-3H3/t18-/m1/s1. The topological polar surface area (TPSA) is 41.3 Å². The van der Waals surface area contributed by atoms with Gasteiger partial charge in [-0.25, -0.2) is 0 Å². The molecule has 22 heavy (non-hydrogen) atoms. The second-order valence-corrected chi connectivity index (χ2v) is 6.52. The lowest BCUT2D eigenvalue weighted by Crippen LogP contribution is -2.33. The number of aromatic nitrogens is 2. The van der Waals surface area contributed by atoms with E-state index >= 15 is 0 Å². The third kappa shape index (κ3) is 2.94. The molecule has 118 valence electrons. The van der Waals surface area contributed by atoms with Gasteiger partial charge in [-0.3, -0.25) is 9.58 Å². The van der Waals surface area contributed by atoms with Gasteiger partial charge in [0.2, 0.25) is 0 Å². The molecule has 1 N–H and O–H groups in total. The number of aliphatic hydroxyl groups is 1. The van der Waals surface area contributed by atoms with Crippen LogP contribution in [0.1, 0.15) is 28.9 Å². The van der Waals surface area contributed by atoms with Gasteiger partial charge in [-0.15, -0.1) is 0 Å². The van der Waals surface area contributed by atoms with Gasteiger partial charge in [0.25, 0.3) is 0 Å². The Morgan fingerprint density at radius 3 is 2.64 bits per heavy atom. The Labute approximate surface area is 132 Å². The van der Waals surface area contributed by atoms with Crippen LogP contribution in [0.2, 0.25) is 0 Å². The predicted molar refractivity (Wildman–Crippen MR) is 87.8 cm³/mol. The van der Waals surface area contributed by atoms with E-state index in [0.29, 0.717) is 6.54 Å². The molecule has 1 fully saturated rings. The summed E-state index contributed by atoms with van der Waals surface area (Å²) in [5.74, 6) is 0. The molecule has 4 heteroatoms. The first kappa shape index (κ1) is 15.3. The Morgan fingerprint density at radius 2 is 1.95 bits per heavy atom. The van der Waals surface area contributed by atoms with Crippen LogP contribution in [0, 0.1) is 20.8 Å². The Hall–Kier alpha value is -1.65. The van der Waals surface area contributed by atoms with Crippen molar-refractivity contribution in [3.8, 4) is 0 Å². The van der Waals surface area contributed by atoms with E-state index in [0.717, 1.165) is 37.3 Å². The lowest BCUT2D eigenvalue weighted by atomic mass is 9.89. The van der Waals surface area contributed by atoms with Crippen molar-refractivity contribution < 1.29 is 5.11 Å². The lowest BCUT2D eigenvalue weighted by molar-refractivity contribution is 0.0450. The summed E-state index contributed by atoms with van der Waals surface area (Å²) < 4.78 is 2.06. The van der Waals surface area contributed by atoms with E-state index in [-0.39, 0.29) is 0 Å². The van der Waals surface area contributed by atoms with Crippen LogP contribution in [0.15, 0.2) is 30.3 Å². The number of likely N-dealkylation sites (tertiary alicyclic amines) is 1. The van der Waals surface area contributed by atoms with Crippen LogP contribution >= 0.6 is 0 Å². The van der Waals surface area contributed by atoms with Crippen molar-refractivity contribution >= 4 is 0 Å². The van der Waals surface area contributed by atoms with Gasteiger partial charge in [0.15, 0.2) is 0 Å². The van der Waals surface area contributed by atoms with Crippen LogP contribution in [0.5, 0.6) is 0 Å². The Bertz CT molecular complexity index is 664. The van der Waals surface area contributed by atoms with Crippen LogP contribution < -0.4 is 0 Å². The van der Waals surface area contributed by atoms with Crippen LogP contribution in [0.3, 0.4) is 0 Å². The van der Waals surface area contributed by atoms with E-state index in [2.05, 4.69) is 46.7 Å². The molecule has 0 saturated carbocycles. The first-order chi connectivity index (χ1) is 10.5. The number of hydrogen-bond acceptors (Lipinski definition) is 3. The van der Waals surface area contributed by atoms with Crippen LogP contribution in [-0.4, -0.2) is 39.4 Å². The average Bonchev–Trinajstić information content (AvgIpc) is 3.00. The van der Waals surface area contributed by atoms with E-state index in [4.69, 9.17) is 0 Å². The first-order valence-corrected chi connectivity index (χ1v) is 8.00. The fraction of sp³-hybridized carbons (Fsp3) is 0.500. The summed E-state index contributed by atoms with van der Waals surface area (Å²) in [6, 6.07) is 10.3. The quantitative estimate of drug-likeness (QED) is 0.942. The highest BCUT2D eigenvalue weighted by atomic mass is 16.3. The minimum Gasteiger partial charge on any atom is -0.384 e. The number of nitrogens with zero attached hydrogens (tertiary/aromatic N) is 3. The maximum absolute atomic E-state index is 11.0. The van der Waals surface area contributed by atoms with Crippen LogP contribution in [-0.2, 0) is 12.1 Å². The fourth-order valence-corrected chi connectivity index (χ4v) is 3.51. The molecule has 2 heterocycles. The summed E-state index contributed by atoms with van der Waals surface area (Å²) in [7, 11) is 0. The molecule has 1 aromatic carbocycles. The Balaban J connectivity index is 1.65. The van der Waals surface area contributed by atoms with E-state index < -0.39 is 5.60 Å². The molecule has 3 rings (SSSR count). The average molecular weight is 299 g/mol. The SMILES string of the molecule is Cc1cc(C)n(CCN2CC[C@](O)(c3ccccc3C)C2)n1. The second kappa shape index (κ2) is 5.86. The summed E-state index contributed by atoms with van der Waals surface area (Å²) in [4.78, 5) is 2.34. The van der Waals surface area contributed by atoms with Gasteiger partial charge in [0, 0.05) is 25.3 Å². The highest BCUT2D eigenvalue weighted by Gasteiger charge is 2.38. The molecule has 1 saturated heterocycles. The zero-order valence-corrected chi connectivity index (χ0v) is 13.7. The van der Waals surface area contributed by atoms with Gasteiger partial charge in [-0.05, 0) is 44.4 Å².